The van der Waals surface area contributed by atoms with Gasteiger partial charge < -0.3 is 5.73 Å². The maximum Gasteiger partial charge on any atom is 0.163 e. The van der Waals surface area contributed by atoms with E-state index in [4.69, 9.17) is 5.73 Å². The largest absolute Gasteiger partial charge is 0.320 e. The number of nitrogens with two attached hydrogens (primary N) is 1. The minimum atomic E-state index is -0.960. The molecule has 0 bridgehead atoms. The SMILES string of the molecule is Cc1cc(F)cc(C)c1C(N)c1cccc(F)c1F. The van der Waals surface area contributed by atoms with Gasteiger partial charge >= 0.3 is 0 Å². The van der Waals surface area contributed by atoms with Gasteiger partial charge in [0, 0.05) is 5.56 Å². The Morgan fingerprint density at radius 3 is 2.16 bits per heavy atom. The van der Waals surface area contributed by atoms with Crippen molar-refractivity contribution in [2.45, 2.75) is 19.9 Å². The molecule has 1 unspecified atom stereocenters. The normalized spacial score (nSPS) is 12.5. The highest BCUT2D eigenvalue weighted by Crippen LogP contribution is 2.28. The van der Waals surface area contributed by atoms with Crippen LogP contribution in [0.3, 0.4) is 0 Å². The van der Waals surface area contributed by atoms with Crippen LogP contribution in [0.5, 0.6) is 0 Å². The van der Waals surface area contributed by atoms with E-state index in [0.717, 1.165) is 6.07 Å². The van der Waals surface area contributed by atoms with Crippen molar-refractivity contribution in [1.29, 1.82) is 0 Å². The lowest BCUT2D eigenvalue weighted by Gasteiger charge is -2.19. The summed E-state index contributed by atoms with van der Waals surface area (Å²) in [5, 5.41) is 0. The lowest BCUT2D eigenvalue weighted by molar-refractivity contribution is 0.494. The smallest absolute Gasteiger partial charge is 0.163 e. The lowest BCUT2D eigenvalue weighted by Crippen LogP contribution is -2.17. The van der Waals surface area contributed by atoms with Crippen molar-refractivity contribution in [2.75, 3.05) is 0 Å². The van der Waals surface area contributed by atoms with Crippen molar-refractivity contribution in [3.05, 3.63) is 70.0 Å². The molecule has 0 radical (unpaired) electrons. The Kier molecular flexibility index (Phi) is 3.62. The third kappa shape index (κ3) is 2.49. The summed E-state index contributed by atoms with van der Waals surface area (Å²) in [7, 11) is 0. The molecule has 0 aliphatic carbocycles. The van der Waals surface area contributed by atoms with Gasteiger partial charge in [-0.3, -0.25) is 0 Å². The van der Waals surface area contributed by atoms with E-state index in [1.54, 1.807) is 13.8 Å². The summed E-state index contributed by atoms with van der Waals surface area (Å²) in [5.41, 5.74) is 7.93. The van der Waals surface area contributed by atoms with Gasteiger partial charge in [-0.05, 0) is 48.7 Å². The molecule has 2 N–H and O–H groups in total. The van der Waals surface area contributed by atoms with Crippen molar-refractivity contribution in [1.82, 2.24) is 0 Å². The molecule has 0 spiro atoms. The van der Waals surface area contributed by atoms with E-state index in [1.807, 2.05) is 0 Å². The topological polar surface area (TPSA) is 26.0 Å². The molecule has 0 saturated heterocycles. The summed E-state index contributed by atoms with van der Waals surface area (Å²) >= 11 is 0. The molecule has 1 nitrogen and oxygen atoms in total. The van der Waals surface area contributed by atoms with Gasteiger partial charge in [-0.1, -0.05) is 12.1 Å². The third-order valence-corrected chi connectivity index (χ3v) is 3.19. The van der Waals surface area contributed by atoms with Crippen LogP contribution in [0.15, 0.2) is 30.3 Å². The Balaban J connectivity index is 2.56. The zero-order valence-corrected chi connectivity index (χ0v) is 10.7. The van der Waals surface area contributed by atoms with Crippen LogP contribution in [0.1, 0.15) is 28.3 Å². The van der Waals surface area contributed by atoms with E-state index >= 15 is 0 Å². The fourth-order valence-corrected chi connectivity index (χ4v) is 2.33. The summed E-state index contributed by atoms with van der Waals surface area (Å²) in [6, 6.07) is 5.72. The number of rotatable bonds is 2. The second kappa shape index (κ2) is 5.05. The van der Waals surface area contributed by atoms with Crippen LogP contribution < -0.4 is 5.73 Å². The van der Waals surface area contributed by atoms with Crippen LogP contribution in [0, 0.1) is 31.3 Å². The van der Waals surface area contributed by atoms with Crippen molar-refractivity contribution in [3.8, 4) is 0 Å². The number of benzene rings is 2. The van der Waals surface area contributed by atoms with E-state index in [9.17, 15) is 13.2 Å². The third-order valence-electron chi connectivity index (χ3n) is 3.19. The van der Waals surface area contributed by atoms with Crippen LogP contribution in [0.25, 0.3) is 0 Å². The molecule has 100 valence electrons. The minimum absolute atomic E-state index is 0.0674. The first-order valence-electron chi connectivity index (χ1n) is 5.88. The predicted molar refractivity (Wildman–Crippen MR) is 68.3 cm³/mol. The fraction of sp³-hybridized carbons (Fsp3) is 0.200. The van der Waals surface area contributed by atoms with E-state index < -0.39 is 17.7 Å². The fourth-order valence-electron chi connectivity index (χ4n) is 2.33. The molecule has 0 aliphatic rings. The van der Waals surface area contributed by atoms with E-state index in [1.165, 1.54) is 24.3 Å². The van der Waals surface area contributed by atoms with Gasteiger partial charge in [0.25, 0.3) is 0 Å². The maximum absolute atomic E-state index is 13.8. The molecule has 19 heavy (non-hydrogen) atoms. The Hall–Kier alpha value is -1.81. The average Bonchev–Trinajstić information content (AvgIpc) is 2.31. The molecule has 0 fully saturated rings. The summed E-state index contributed by atoms with van der Waals surface area (Å²) in [4.78, 5) is 0. The number of halogens is 3. The average molecular weight is 265 g/mol. The molecular formula is C15H14F3N. The summed E-state index contributed by atoms with van der Waals surface area (Å²) in [5.74, 6) is -2.27. The molecular weight excluding hydrogens is 251 g/mol. The first-order chi connectivity index (χ1) is 8.91. The Morgan fingerprint density at radius 2 is 1.58 bits per heavy atom. The molecule has 0 saturated carbocycles. The molecule has 2 aromatic rings. The first-order valence-corrected chi connectivity index (χ1v) is 5.88. The van der Waals surface area contributed by atoms with E-state index in [2.05, 4.69) is 0 Å². The van der Waals surface area contributed by atoms with Crippen molar-refractivity contribution < 1.29 is 13.2 Å². The second-order valence-electron chi connectivity index (χ2n) is 4.57. The van der Waals surface area contributed by atoms with Crippen LogP contribution in [0.4, 0.5) is 13.2 Å². The highest BCUT2D eigenvalue weighted by molar-refractivity contribution is 5.42. The lowest BCUT2D eigenvalue weighted by atomic mass is 9.91. The van der Waals surface area contributed by atoms with Crippen molar-refractivity contribution in [3.63, 3.8) is 0 Å². The standard InChI is InChI=1S/C15H14F3N/c1-8-6-10(16)7-9(2)13(8)15(19)11-4-3-5-12(17)14(11)18/h3-7,15H,19H2,1-2H3. The van der Waals surface area contributed by atoms with Crippen molar-refractivity contribution in [2.24, 2.45) is 5.73 Å². The summed E-state index contributed by atoms with van der Waals surface area (Å²) in [6.45, 7) is 3.39. The molecule has 2 rings (SSSR count). The highest BCUT2D eigenvalue weighted by Gasteiger charge is 2.20. The minimum Gasteiger partial charge on any atom is -0.320 e. The van der Waals surface area contributed by atoms with Gasteiger partial charge in [0.2, 0.25) is 0 Å². The molecule has 0 heterocycles. The summed E-state index contributed by atoms with van der Waals surface area (Å²) < 4.78 is 40.2. The molecule has 1 atom stereocenters. The molecule has 2 aromatic carbocycles. The van der Waals surface area contributed by atoms with Crippen LogP contribution in [-0.2, 0) is 0 Å². The molecule has 4 heteroatoms. The highest BCUT2D eigenvalue weighted by atomic mass is 19.2. The van der Waals surface area contributed by atoms with Gasteiger partial charge in [0.15, 0.2) is 11.6 Å². The number of aryl methyl sites for hydroxylation is 2. The first kappa shape index (κ1) is 13.6. The van der Waals surface area contributed by atoms with Gasteiger partial charge in [-0.15, -0.1) is 0 Å². The van der Waals surface area contributed by atoms with E-state index in [0.29, 0.717) is 16.7 Å². The number of hydrogen-bond donors (Lipinski definition) is 1. The predicted octanol–water partition coefficient (Wildman–Crippen LogP) is 3.77. The van der Waals surface area contributed by atoms with Crippen LogP contribution in [0.2, 0.25) is 0 Å². The van der Waals surface area contributed by atoms with Gasteiger partial charge in [-0.25, -0.2) is 13.2 Å². The Bertz CT molecular complexity index is 600. The molecule has 0 aromatic heterocycles. The van der Waals surface area contributed by atoms with Gasteiger partial charge in [0.05, 0.1) is 6.04 Å². The molecule has 0 amide bonds. The Labute approximate surface area is 109 Å². The zero-order chi connectivity index (χ0) is 14.2. The monoisotopic (exact) mass is 265 g/mol. The maximum atomic E-state index is 13.8. The van der Waals surface area contributed by atoms with Crippen molar-refractivity contribution >= 4 is 0 Å². The molecule has 0 aliphatic heterocycles. The summed E-state index contributed by atoms with van der Waals surface area (Å²) in [6.07, 6.45) is 0. The van der Waals surface area contributed by atoms with E-state index in [-0.39, 0.29) is 11.4 Å². The zero-order valence-electron chi connectivity index (χ0n) is 10.7. The number of hydrogen-bond acceptors (Lipinski definition) is 1. The Morgan fingerprint density at radius 1 is 1.00 bits per heavy atom. The van der Waals surface area contributed by atoms with Crippen LogP contribution in [-0.4, -0.2) is 0 Å². The van der Waals surface area contributed by atoms with Crippen LogP contribution >= 0.6 is 0 Å². The van der Waals surface area contributed by atoms with Gasteiger partial charge in [-0.2, -0.15) is 0 Å². The quantitative estimate of drug-likeness (QED) is 0.878. The van der Waals surface area contributed by atoms with Gasteiger partial charge in [0.1, 0.15) is 5.82 Å². The second-order valence-corrected chi connectivity index (χ2v) is 4.57.